The average molecular weight is 326 g/mol. The van der Waals surface area contributed by atoms with Gasteiger partial charge in [0.25, 0.3) is 5.91 Å². The van der Waals surface area contributed by atoms with Crippen LogP contribution in [0.15, 0.2) is 0 Å². The van der Waals surface area contributed by atoms with E-state index in [2.05, 4.69) is 19.2 Å². The lowest BCUT2D eigenvalue weighted by Crippen LogP contribution is -2.47. The Morgan fingerprint density at radius 3 is 2.17 bits per heavy atom. The molecule has 2 amide bonds. The van der Waals surface area contributed by atoms with E-state index in [0.29, 0.717) is 24.9 Å². The molecular weight excluding hydrogens is 296 g/mol. The number of nitrogens with one attached hydrogen (secondary N) is 1. The number of hydrogen-bond donors (Lipinski definition) is 1. The van der Waals surface area contributed by atoms with Crippen LogP contribution in [-0.2, 0) is 19.1 Å². The summed E-state index contributed by atoms with van der Waals surface area (Å²) in [7, 11) is 0. The normalized spacial score (nSPS) is 23.1. The van der Waals surface area contributed by atoms with Crippen molar-refractivity contribution >= 4 is 17.8 Å². The van der Waals surface area contributed by atoms with Gasteiger partial charge in [-0.3, -0.25) is 9.59 Å². The molecule has 0 radical (unpaired) electrons. The fourth-order valence-corrected chi connectivity index (χ4v) is 2.69. The lowest BCUT2D eigenvalue weighted by atomic mass is 9.92. The number of hydrogen-bond acceptors (Lipinski definition) is 4. The third-order valence-electron chi connectivity index (χ3n) is 3.94. The molecule has 132 valence electrons. The van der Waals surface area contributed by atoms with Gasteiger partial charge in [-0.25, -0.2) is 4.79 Å². The molecule has 1 rings (SSSR count). The number of esters is 1. The second-order valence-corrected chi connectivity index (χ2v) is 7.80. The third kappa shape index (κ3) is 6.20. The molecular formula is C17H30N2O4. The lowest BCUT2D eigenvalue weighted by Gasteiger charge is -2.34. The number of carbonyl (C=O) groups is 3. The van der Waals surface area contributed by atoms with Gasteiger partial charge in [0.15, 0.2) is 6.61 Å². The summed E-state index contributed by atoms with van der Waals surface area (Å²) in [5.41, 5.74) is -0.579. The highest BCUT2D eigenvalue weighted by molar-refractivity contribution is 5.88. The van der Waals surface area contributed by atoms with Gasteiger partial charge in [0.05, 0.1) is 0 Å². The van der Waals surface area contributed by atoms with Crippen molar-refractivity contribution in [1.29, 1.82) is 0 Å². The van der Waals surface area contributed by atoms with Gasteiger partial charge in [0.1, 0.15) is 6.04 Å². The second-order valence-electron chi connectivity index (χ2n) is 7.80. The zero-order chi connectivity index (χ0) is 17.8. The standard InChI is InChI=1S/C17H30N2O4/c1-11-7-12(2)9-19(8-11)14(20)10-23-15(21)13(3)18-16(22)17(4,5)6/h11-13H,7-10H2,1-6H3,(H,18,22)/t11-,12-,13-/m1/s1. The van der Waals surface area contributed by atoms with E-state index in [0.717, 1.165) is 6.42 Å². The van der Waals surface area contributed by atoms with Crippen LogP contribution in [0.4, 0.5) is 0 Å². The van der Waals surface area contributed by atoms with Crippen molar-refractivity contribution in [3.8, 4) is 0 Å². The van der Waals surface area contributed by atoms with Crippen LogP contribution < -0.4 is 5.32 Å². The Labute approximate surface area is 138 Å². The first kappa shape index (κ1) is 19.5. The number of likely N-dealkylation sites (tertiary alicyclic amines) is 1. The molecule has 0 aromatic carbocycles. The van der Waals surface area contributed by atoms with Gasteiger partial charge in [-0.2, -0.15) is 0 Å². The fourth-order valence-electron chi connectivity index (χ4n) is 2.69. The summed E-state index contributed by atoms with van der Waals surface area (Å²) in [6.45, 7) is 12.2. The van der Waals surface area contributed by atoms with Crippen molar-refractivity contribution in [3.63, 3.8) is 0 Å². The molecule has 6 nitrogen and oxygen atoms in total. The number of nitrogens with zero attached hydrogens (tertiary/aromatic N) is 1. The minimum atomic E-state index is -0.770. The Bertz CT molecular complexity index is 446. The average Bonchev–Trinajstić information content (AvgIpc) is 2.41. The first-order valence-electron chi connectivity index (χ1n) is 8.26. The number of piperidine rings is 1. The fraction of sp³-hybridized carbons (Fsp3) is 0.824. The number of rotatable bonds is 4. The number of carbonyl (C=O) groups excluding carboxylic acids is 3. The van der Waals surface area contributed by atoms with Gasteiger partial charge in [-0.1, -0.05) is 34.6 Å². The largest absolute Gasteiger partial charge is 0.454 e. The molecule has 3 atom stereocenters. The summed E-state index contributed by atoms with van der Waals surface area (Å²) in [6.07, 6.45) is 1.11. The Hall–Kier alpha value is -1.59. The van der Waals surface area contributed by atoms with Gasteiger partial charge < -0.3 is 15.0 Å². The highest BCUT2D eigenvalue weighted by atomic mass is 16.5. The van der Waals surface area contributed by atoms with E-state index in [1.807, 2.05) is 0 Å². The van der Waals surface area contributed by atoms with E-state index < -0.39 is 17.4 Å². The molecule has 1 aliphatic heterocycles. The van der Waals surface area contributed by atoms with Crippen molar-refractivity contribution in [2.45, 2.75) is 54.0 Å². The van der Waals surface area contributed by atoms with Crippen LogP contribution in [0.25, 0.3) is 0 Å². The summed E-state index contributed by atoms with van der Waals surface area (Å²) in [5, 5.41) is 2.60. The smallest absolute Gasteiger partial charge is 0.328 e. The Balaban J connectivity index is 2.43. The summed E-state index contributed by atoms with van der Waals surface area (Å²) in [5.74, 6) is -0.0705. The molecule has 0 bridgehead atoms. The van der Waals surface area contributed by atoms with Gasteiger partial charge >= 0.3 is 5.97 Å². The van der Waals surface area contributed by atoms with E-state index in [1.165, 1.54) is 0 Å². The van der Waals surface area contributed by atoms with E-state index in [4.69, 9.17) is 4.74 Å². The molecule has 0 aromatic rings. The Kier molecular flexibility index (Phi) is 6.59. The van der Waals surface area contributed by atoms with Gasteiger partial charge in [0.2, 0.25) is 5.91 Å². The first-order chi connectivity index (χ1) is 10.5. The highest BCUT2D eigenvalue weighted by Gasteiger charge is 2.28. The SMILES string of the molecule is C[C@@H]1C[C@@H](C)CN(C(=O)COC(=O)[C@@H](C)NC(=O)C(C)(C)C)C1. The van der Waals surface area contributed by atoms with Crippen LogP contribution in [0, 0.1) is 17.3 Å². The van der Waals surface area contributed by atoms with Crippen molar-refractivity contribution in [1.82, 2.24) is 10.2 Å². The zero-order valence-corrected chi connectivity index (χ0v) is 15.1. The molecule has 1 aliphatic rings. The van der Waals surface area contributed by atoms with Crippen molar-refractivity contribution in [2.24, 2.45) is 17.3 Å². The molecule has 0 aliphatic carbocycles. The van der Waals surface area contributed by atoms with Crippen LogP contribution >= 0.6 is 0 Å². The molecule has 1 N–H and O–H groups in total. The van der Waals surface area contributed by atoms with E-state index >= 15 is 0 Å². The van der Waals surface area contributed by atoms with Gasteiger partial charge in [0, 0.05) is 18.5 Å². The lowest BCUT2D eigenvalue weighted by molar-refractivity contribution is -0.155. The second kappa shape index (κ2) is 7.79. The minimum absolute atomic E-state index is 0.175. The van der Waals surface area contributed by atoms with Gasteiger partial charge in [-0.15, -0.1) is 0 Å². The molecule has 0 aromatic heterocycles. The topological polar surface area (TPSA) is 75.7 Å². The van der Waals surface area contributed by atoms with Crippen molar-refractivity contribution in [3.05, 3.63) is 0 Å². The molecule has 23 heavy (non-hydrogen) atoms. The maximum atomic E-state index is 12.2. The maximum Gasteiger partial charge on any atom is 0.328 e. The van der Waals surface area contributed by atoms with Crippen molar-refractivity contribution in [2.75, 3.05) is 19.7 Å². The van der Waals surface area contributed by atoms with Crippen molar-refractivity contribution < 1.29 is 19.1 Å². The number of ether oxygens (including phenoxy) is 1. The Morgan fingerprint density at radius 2 is 1.70 bits per heavy atom. The minimum Gasteiger partial charge on any atom is -0.454 e. The zero-order valence-electron chi connectivity index (χ0n) is 15.1. The molecule has 1 heterocycles. The van der Waals surface area contributed by atoms with Crippen LogP contribution in [0.1, 0.15) is 48.0 Å². The predicted octanol–water partition coefficient (Wildman–Crippen LogP) is 1.58. The molecule has 0 saturated carbocycles. The highest BCUT2D eigenvalue weighted by Crippen LogP contribution is 2.20. The summed E-state index contributed by atoms with van der Waals surface area (Å²) in [6, 6.07) is -0.770. The van der Waals surface area contributed by atoms with Crippen LogP contribution in [0.2, 0.25) is 0 Å². The molecule has 0 unspecified atom stereocenters. The first-order valence-corrected chi connectivity index (χ1v) is 8.26. The third-order valence-corrected chi connectivity index (χ3v) is 3.94. The predicted molar refractivity (Wildman–Crippen MR) is 87.5 cm³/mol. The molecule has 1 fully saturated rings. The van der Waals surface area contributed by atoms with E-state index in [9.17, 15) is 14.4 Å². The molecule has 1 saturated heterocycles. The van der Waals surface area contributed by atoms with Crippen LogP contribution in [0.5, 0.6) is 0 Å². The molecule has 6 heteroatoms. The van der Waals surface area contributed by atoms with Gasteiger partial charge in [-0.05, 0) is 25.2 Å². The monoisotopic (exact) mass is 326 g/mol. The summed E-state index contributed by atoms with van der Waals surface area (Å²) >= 11 is 0. The number of amides is 2. The Morgan fingerprint density at radius 1 is 1.17 bits per heavy atom. The maximum absolute atomic E-state index is 12.2. The quantitative estimate of drug-likeness (QED) is 0.796. The summed E-state index contributed by atoms with van der Waals surface area (Å²) < 4.78 is 5.06. The molecule has 0 spiro atoms. The van der Waals surface area contributed by atoms with E-state index in [1.54, 1.807) is 32.6 Å². The van der Waals surface area contributed by atoms with Crippen LogP contribution in [0.3, 0.4) is 0 Å². The van der Waals surface area contributed by atoms with Crippen LogP contribution in [-0.4, -0.2) is 48.4 Å². The van der Waals surface area contributed by atoms with E-state index in [-0.39, 0.29) is 18.4 Å². The summed E-state index contributed by atoms with van der Waals surface area (Å²) in [4.78, 5) is 37.7.